The largest absolute Gasteiger partial charge is 0.383 e. The summed E-state index contributed by atoms with van der Waals surface area (Å²) >= 11 is 0. The number of H-pyrrole nitrogens is 2. The van der Waals surface area contributed by atoms with Crippen molar-refractivity contribution in [3.8, 4) is 0 Å². The minimum Gasteiger partial charge on any atom is -0.383 e. The average Bonchev–Trinajstić information content (AvgIpc) is 3.06. The molecule has 8 heteroatoms. The van der Waals surface area contributed by atoms with Crippen LogP contribution in [-0.4, -0.2) is 53.5 Å². The highest BCUT2D eigenvalue weighted by Gasteiger charge is 2.33. The molecule has 3 N–H and O–H groups in total. The number of carbonyl (C=O) groups excluding carboxylic acids is 2. The van der Waals surface area contributed by atoms with Crippen molar-refractivity contribution < 1.29 is 14.3 Å². The van der Waals surface area contributed by atoms with Crippen molar-refractivity contribution in [3.63, 3.8) is 0 Å². The Bertz CT molecular complexity index is 794. The summed E-state index contributed by atoms with van der Waals surface area (Å²) in [4.78, 5) is 42.3. The molecule has 23 heavy (non-hydrogen) atoms. The second-order valence-corrected chi connectivity index (χ2v) is 5.56. The first-order valence-electron chi connectivity index (χ1n) is 7.36. The molecule has 1 unspecified atom stereocenters. The van der Waals surface area contributed by atoms with E-state index in [2.05, 4.69) is 15.3 Å². The summed E-state index contributed by atoms with van der Waals surface area (Å²) in [5.41, 5.74) is 1.59. The maximum absolute atomic E-state index is 12.3. The molecule has 0 saturated carbocycles. The number of nitrogens with one attached hydrogen (secondary N) is 3. The number of hydrogen-bond acceptors (Lipinski definition) is 4. The predicted molar refractivity (Wildman–Crippen MR) is 84.1 cm³/mol. The number of imidazole rings is 1. The summed E-state index contributed by atoms with van der Waals surface area (Å²) < 4.78 is 4.96. The number of fused-ring (bicyclic) bond motifs is 1. The number of hydrogen-bond donors (Lipinski definition) is 3. The van der Waals surface area contributed by atoms with Gasteiger partial charge in [-0.05, 0) is 18.2 Å². The van der Waals surface area contributed by atoms with E-state index in [-0.39, 0.29) is 29.8 Å². The molecule has 1 aliphatic rings. The van der Waals surface area contributed by atoms with E-state index in [4.69, 9.17) is 4.74 Å². The molecule has 0 spiro atoms. The molecule has 1 aromatic carbocycles. The molecule has 1 fully saturated rings. The third kappa shape index (κ3) is 3.26. The Morgan fingerprint density at radius 3 is 2.91 bits per heavy atom. The summed E-state index contributed by atoms with van der Waals surface area (Å²) in [6, 6.07) is 5.11. The van der Waals surface area contributed by atoms with E-state index in [1.807, 2.05) is 0 Å². The Morgan fingerprint density at radius 1 is 1.35 bits per heavy atom. The van der Waals surface area contributed by atoms with Crippen molar-refractivity contribution in [3.05, 3.63) is 28.7 Å². The van der Waals surface area contributed by atoms with Gasteiger partial charge in [0.25, 0.3) is 0 Å². The molecule has 0 radical (unpaired) electrons. The molecule has 1 saturated heterocycles. The molecule has 122 valence electrons. The van der Waals surface area contributed by atoms with Crippen LogP contribution < -0.4 is 11.0 Å². The highest BCUT2D eigenvalue weighted by molar-refractivity contribution is 5.98. The molecule has 1 aliphatic heterocycles. The van der Waals surface area contributed by atoms with Crippen LogP contribution >= 0.6 is 0 Å². The molecule has 0 bridgehead atoms. The van der Waals surface area contributed by atoms with Crippen LogP contribution in [0.2, 0.25) is 0 Å². The van der Waals surface area contributed by atoms with E-state index in [9.17, 15) is 14.4 Å². The number of ether oxygens (including phenoxy) is 1. The fraction of sp³-hybridized carbons (Fsp3) is 0.400. The second kappa shape index (κ2) is 6.25. The Labute approximate surface area is 131 Å². The lowest BCUT2D eigenvalue weighted by Crippen LogP contribution is -2.30. The Balaban J connectivity index is 1.66. The third-order valence-corrected chi connectivity index (χ3v) is 3.93. The van der Waals surface area contributed by atoms with Gasteiger partial charge in [0.2, 0.25) is 11.8 Å². The fourth-order valence-corrected chi connectivity index (χ4v) is 2.72. The van der Waals surface area contributed by atoms with Crippen molar-refractivity contribution in [2.24, 2.45) is 5.92 Å². The minimum atomic E-state index is -0.375. The maximum atomic E-state index is 12.3. The Morgan fingerprint density at radius 2 is 2.13 bits per heavy atom. The molecule has 2 heterocycles. The van der Waals surface area contributed by atoms with Crippen molar-refractivity contribution in [2.45, 2.75) is 6.42 Å². The minimum absolute atomic E-state index is 0.0346. The number of amides is 2. The molecule has 0 aliphatic carbocycles. The number of likely N-dealkylation sites (tertiary alicyclic amines) is 1. The molecule has 1 aromatic heterocycles. The van der Waals surface area contributed by atoms with Crippen LogP contribution in [0.4, 0.5) is 5.69 Å². The van der Waals surface area contributed by atoms with Gasteiger partial charge in [0.05, 0.1) is 23.6 Å². The van der Waals surface area contributed by atoms with Gasteiger partial charge in [0.1, 0.15) is 0 Å². The zero-order chi connectivity index (χ0) is 16.4. The summed E-state index contributed by atoms with van der Waals surface area (Å²) in [6.07, 6.45) is 0.207. The second-order valence-electron chi connectivity index (χ2n) is 5.56. The van der Waals surface area contributed by atoms with Gasteiger partial charge in [-0.2, -0.15) is 0 Å². The van der Waals surface area contributed by atoms with Crippen molar-refractivity contribution in [1.29, 1.82) is 0 Å². The highest BCUT2D eigenvalue weighted by atomic mass is 16.5. The lowest BCUT2D eigenvalue weighted by Gasteiger charge is -2.15. The van der Waals surface area contributed by atoms with Crippen LogP contribution in [0.15, 0.2) is 23.0 Å². The molecule has 1 atom stereocenters. The lowest BCUT2D eigenvalue weighted by atomic mass is 10.1. The number of benzene rings is 1. The number of carbonyl (C=O) groups is 2. The Kier molecular flexibility index (Phi) is 4.16. The van der Waals surface area contributed by atoms with Crippen LogP contribution in [0.25, 0.3) is 11.0 Å². The van der Waals surface area contributed by atoms with Gasteiger partial charge in [-0.1, -0.05) is 0 Å². The molecular formula is C15H18N4O4. The normalized spacial score (nSPS) is 17.9. The summed E-state index contributed by atoms with van der Waals surface area (Å²) in [7, 11) is 1.58. The van der Waals surface area contributed by atoms with Crippen molar-refractivity contribution >= 4 is 28.5 Å². The van der Waals surface area contributed by atoms with Gasteiger partial charge in [0.15, 0.2) is 0 Å². The number of aromatic amines is 2. The smallest absolute Gasteiger partial charge is 0.323 e. The van der Waals surface area contributed by atoms with Crippen LogP contribution in [0, 0.1) is 5.92 Å². The van der Waals surface area contributed by atoms with E-state index in [0.29, 0.717) is 36.4 Å². The quantitative estimate of drug-likeness (QED) is 0.736. The van der Waals surface area contributed by atoms with E-state index in [0.717, 1.165) is 0 Å². The molecule has 3 rings (SSSR count). The number of rotatable bonds is 5. The number of nitrogens with zero attached hydrogens (tertiary/aromatic N) is 1. The first kappa shape index (κ1) is 15.3. The summed E-state index contributed by atoms with van der Waals surface area (Å²) in [5.74, 6) is -0.608. The van der Waals surface area contributed by atoms with Crippen LogP contribution in [0.1, 0.15) is 6.42 Å². The van der Waals surface area contributed by atoms with Crippen molar-refractivity contribution in [1.82, 2.24) is 14.9 Å². The zero-order valence-electron chi connectivity index (χ0n) is 12.7. The van der Waals surface area contributed by atoms with Crippen LogP contribution in [-0.2, 0) is 14.3 Å². The number of aromatic nitrogens is 2. The van der Waals surface area contributed by atoms with E-state index in [1.54, 1.807) is 30.2 Å². The predicted octanol–water partition coefficient (Wildman–Crippen LogP) is 0.290. The standard InChI is InChI=1S/C15H18N4O4/c1-23-5-4-19-8-9(6-13(19)20)14(21)16-10-2-3-11-12(7-10)18-15(22)17-11/h2-3,7,9H,4-6,8H2,1H3,(H,16,21)(H2,17,18,22). The van der Waals surface area contributed by atoms with Crippen LogP contribution in [0.5, 0.6) is 0 Å². The highest BCUT2D eigenvalue weighted by Crippen LogP contribution is 2.21. The maximum Gasteiger partial charge on any atom is 0.323 e. The average molecular weight is 318 g/mol. The molecular weight excluding hydrogens is 300 g/mol. The summed E-state index contributed by atoms with van der Waals surface area (Å²) in [6.45, 7) is 1.35. The first-order chi connectivity index (χ1) is 11.1. The first-order valence-corrected chi connectivity index (χ1v) is 7.36. The fourth-order valence-electron chi connectivity index (χ4n) is 2.72. The molecule has 2 aromatic rings. The van der Waals surface area contributed by atoms with Crippen molar-refractivity contribution in [2.75, 3.05) is 32.1 Å². The topological polar surface area (TPSA) is 107 Å². The summed E-state index contributed by atoms with van der Waals surface area (Å²) in [5, 5.41) is 2.80. The van der Waals surface area contributed by atoms with Gasteiger partial charge in [-0.25, -0.2) is 4.79 Å². The van der Waals surface area contributed by atoms with Gasteiger partial charge in [0, 0.05) is 32.3 Å². The number of methoxy groups -OCH3 is 1. The number of anilines is 1. The zero-order valence-corrected chi connectivity index (χ0v) is 12.7. The third-order valence-electron chi connectivity index (χ3n) is 3.93. The monoisotopic (exact) mass is 318 g/mol. The van der Waals surface area contributed by atoms with Gasteiger partial charge < -0.3 is 24.9 Å². The SMILES string of the molecule is COCCN1CC(C(=O)Nc2ccc3[nH]c(=O)[nH]c3c2)CC1=O. The van der Waals surface area contributed by atoms with E-state index in [1.165, 1.54) is 0 Å². The van der Waals surface area contributed by atoms with Gasteiger partial charge in [-0.15, -0.1) is 0 Å². The molecule has 8 nitrogen and oxygen atoms in total. The van der Waals surface area contributed by atoms with Crippen LogP contribution in [0.3, 0.4) is 0 Å². The van der Waals surface area contributed by atoms with Gasteiger partial charge >= 0.3 is 5.69 Å². The van der Waals surface area contributed by atoms with E-state index < -0.39 is 0 Å². The van der Waals surface area contributed by atoms with Gasteiger partial charge in [-0.3, -0.25) is 9.59 Å². The van der Waals surface area contributed by atoms with E-state index >= 15 is 0 Å². The molecule has 2 amide bonds. The Hall–Kier alpha value is -2.61. The lowest BCUT2D eigenvalue weighted by molar-refractivity contribution is -0.128.